The summed E-state index contributed by atoms with van der Waals surface area (Å²) in [5.41, 5.74) is -0.807. The van der Waals surface area contributed by atoms with Crippen molar-refractivity contribution in [2.24, 2.45) is 0 Å². The molecule has 18 heavy (non-hydrogen) atoms. The lowest BCUT2D eigenvalue weighted by Crippen LogP contribution is -2.18. The van der Waals surface area contributed by atoms with Crippen LogP contribution in [0, 0.1) is 0 Å². The third kappa shape index (κ3) is 2.00. The maximum atomic E-state index is 11.7. The van der Waals surface area contributed by atoms with Gasteiger partial charge in [0, 0.05) is 19.0 Å². The van der Waals surface area contributed by atoms with Crippen molar-refractivity contribution in [3.05, 3.63) is 34.2 Å². The van der Waals surface area contributed by atoms with Crippen LogP contribution in [-0.4, -0.2) is 27.1 Å². The average molecular weight is 246 g/mol. The Hall–Kier alpha value is -2.50. The summed E-state index contributed by atoms with van der Waals surface area (Å²) in [4.78, 5) is 39.9. The SMILES string of the molecule is O=CCCC(=O)c1c(O)c2cccnc2[nH]c1=O. The lowest BCUT2D eigenvalue weighted by Gasteiger charge is -2.04. The van der Waals surface area contributed by atoms with E-state index in [2.05, 4.69) is 9.97 Å². The van der Waals surface area contributed by atoms with Crippen LogP contribution in [0.1, 0.15) is 23.2 Å². The molecular weight excluding hydrogens is 236 g/mol. The average Bonchev–Trinajstić information content (AvgIpc) is 2.36. The molecule has 2 aromatic heterocycles. The molecule has 0 saturated heterocycles. The van der Waals surface area contributed by atoms with Crippen molar-refractivity contribution in [3.63, 3.8) is 0 Å². The quantitative estimate of drug-likeness (QED) is 0.613. The Bertz CT molecular complexity index is 675. The topological polar surface area (TPSA) is 100 Å². The number of nitrogens with one attached hydrogen (secondary N) is 1. The Morgan fingerprint density at radius 1 is 1.50 bits per heavy atom. The van der Waals surface area contributed by atoms with Crippen LogP contribution in [-0.2, 0) is 4.79 Å². The first-order chi connectivity index (χ1) is 8.65. The van der Waals surface area contributed by atoms with Gasteiger partial charge < -0.3 is 14.9 Å². The van der Waals surface area contributed by atoms with Gasteiger partial charge in [0.2, 0.25) is 0 Å². The van der Waals surface area contributed by atoms with Crippen LogP contribution in [0.2, 0.25) is 0 Å². The molecule has 0 saturated carbocycles. The number of hydrogen-bond donors (Lipinski definition) is 2. The molecule has 2 aromatic rings. The summed E-state index contributed by atoms with van der Waals surface area (Å²) in [6.45, 7) is 0. The number of Topliss-reactive ketones (excluding diaryl/α,β-unsaturated/α-hetero) is 1. The number of hydrogen-bond acceptors (Lipinski definition) is 5. The van der Waals surface area contributed by atoms with Crippen LogP contribution >= 0.6 is 0 Å². The van der Waals surface area contributed by atoms with Crippen molar-refractivity contribution < 1.29 is 14.7 Å². The Kier molecular flexibility index (Phi) is 3.18. The van der Waals surface area contributed by atoms with Crippen LogP contribution < -0.4 is 5.56 Å². The fraction of sp³-hybridized carbons (Fsp3) is 0.167. The number of aromatic nitrogens is 2. The summed E-state index contributed by atoms with van der Waals surface area (Å²) in [5, 5.41) is 10.2. The zero-order valence-corrected chi connectivity index (χ0v) is 9.34. The number of carbonyl (C=O) groups excluding carboxylic acids is 2. The Labute approximate surface area is 101 Å². The van der Waals surface area contributed by atoms with Crippen molar-refractivity contribution in [1.29, 1.82) is 0 Å². The van der Waals surface area contributed by atoms with Gasteiger partial charge in [-0.15, -0.1) is 0 Å². The second kappa shape index (κ2) is 4.79. The monoisotopic (exact) mass is 246 g/mol. The van der Waals surface area contributed by atoms with Crippen molar-refractivity contribution in [3.8, 4) is 5.75 Å². The lowest BCUT2D eigenvalue weighted by atomic mass is 10.1. The van der Waals surface area contributed by atoms with Gasteiger partial charge in [-0.1, -0.05) is 0 Å². The fourth-order valence-electron chi connectivity index (χ4n) is 1.68. The summed E-state index contributed by atoms with van der Waals surface area (Å²) in [5.74, 6) is -0.954. The number of aromatic amines is 1. The number of pyridine rings is 2. The Morgan fingerprint density at radius 3 is 3.00 bits per heavy atom. The molecule has 0 atom stereocenters. The fourth-order valence-corrected chi connectivity index (χ4v) is 1.68. The van der Waals surface area contributed by atoms with Gasteiger partial charge in [-0.05, 0) is 12.1 Å². The maximum Gasteiger partial charge on any atom is 0.264 e. The summed E-state index contributed by atoms with van der Waals surface area (Å²) < 4.78 is 0. The molecule has 2 rings (SSSR count). The summed E-state index contributed by atoms with van der Waals surface area (Å²) in [6.07, 6.45) is 1.96. The number of H-pyrrole nitrogens is 1. The number of carbonyl (C=O) groups is 2. The predicted octanol–water partition coefficient (Wildman–Crippen LogP) is 0.790. The number of aldehydes is 1. The highest BCUT2D eigenvalue weighted by atomic mass is 16.3. The molecule has 0 bridgehead atoms. The number of rotatable bonds is 4. The first-order valence-electron chi connectivity index (χ1n) is 5.32. The van der Waals surface area contributed by atoms with Gasteiger partial charge in [-0.25, -0.2) is 4.98 Å². The van der Waals surface area contributed by atoms with E-state index < -0.39 is 17.1 Å². The zero-order valence-electron chi connectivity index (χ0n) is 9.34. The first-order valence-corrected chi connectivity index (χ1v) is 5.32. The maximum absolute atomic E-state index is 11.7. The highest BCUT2D eigenvalue weighted by molar-refractivity contribution is 6.03. The highest BCUT2D eigenvalue weighted by Crippen LogP contribution is 2.24. The minimum Gasteiger partial charge on any atom is -0.506 e. The van der Waals surface area contributed by atoms with Crippen LogP contribution in [0.5, 0.6) is 5.75 Å². The van der Waals surface area contributed by atoms with Crippen LogP contribution in [0.4, 0.5) is 0 Å². The van der Waals surface area contributed by atoms with Crippen LogP contribution in [0.3, 0.4) is 0 Å². The number of fused-ring (bicyclic) bond motifs is 1. The smallest absolute Gasteiger partial charge is 0.264 e. The van der Waals surface area contributed by atoms with Gasteiger partial charge in [0.1, 0.15) is 23.2 Å². The summed E-state index contributed by atoms with van der Waals surface area (Å²) >= 11 is 0. The van der Waals surface area contributed by atoms with Crippen molar-refractivity contribution in [2.45, 2.75) is 12.8 Å². The highest BCUT2D eigenvalue weighted by Gasteiger charge is 2.18. The Balaban J connectivity index is 2.60. The second-order valence-corrected chi connectivity index (χ2v) is 3.71. The molecule has 0 amide bonds. The van der Waals surface area contributed by atoms with E-state index in [1.807, 2.05) is 0 Å². The van der Waals surface area contributed by atoms with Crippen molar-refractivity contribution in [2.75, 3.05) is 0 Å². The summed E-state index contributed by atoms with van der Waals surface area (Å²) in [6, 6.07) is 3.13. The van der Waals surface area contributed by atoms with E-state index >= 15 is 0 Å². The Morgan fingerprint density at radius 2 is 2.28 bits per heavy atom. The number of nitrogens with zero attached hydrogens (tertiary/aromatic N) is 1. The van der Waals surface area contributed by atoms with Gasteiger partial charge in [-0.2, -0.15) is 0 Å². The minimum absolute atomic E-state index is 0.0167. The summed E-state index contributed by atoms with van der Waals surface area (Å²) in [7, 11) is 0. The molecule has 0 aliphatic rings. The molecule has 2 heterocycles. The van der Waals surface area contributed by atoms with Gasteiger partial charge in [-0.3, -0.25) is 9.59 Å². The molecule has 0 aliphatic heterocycles. The van der Waals surface area contributed by atoms with E-state index in [4.69, 9.17) is 0 Å². The minimum atomic E-state index is -0.699. The first kappa shape index (κ1) is 12.0. The van der Waals surface area contributed by atoms with Gasteiger partial charge >= 0.3 is 0 Å². The molecule has 6 heteroatoms. The van der Waals surface area contributed by atoms with E-state index in [-0.39, 0.29) is 24.1 Å². The molecule has 0 unspecified atom stereocenters. The third-order valence-electron chi connectivity index (χ3n) is 2.53. The van der Waals surface area contributed by atoms with E-state index in [0.29, 0.717) is 11.7 Å². The molecule has 0 aliphatic carbocycles. The third-order valence-corrected chi connectivity index (χ3v) is 2.53. The zero-order chi connectivity index (χ0) is 13.1. The van der Waals surface area contributed by atoms with Crippen molar-refractivity contribution >= 4 is 23.1 Å². The molecule has 6 nitrogen and oxygen atoms in total. The number of ketones is 1. The molecule has 0 spiro atoms. The second-order valence-electron chi connectivity index (χ2n) is 3.71. The molecule has 92 valence electrons. The van der Waals surface area contributed by atoms with E-state index in [1.54, 1.807) is 12.1 Å². The molecular formula is C12H10N2O4. The molecule has 0 aromatic carbocycles. The van der Waals surface area contributed by atoms with Crippen molar-refractivity contribution in [1.82, 2.24) is 9.97 Å². The van der Waals surface area contributed by atoms with E-state index in [0.717, 1.165) is 0 Å². The molecule has 0 fully saturated rings. The standard InChI is InChI=1S/C12H10N2O4/c15-6-2-4-8(16)9-10(17)7-3-1-5-13-11(7)14-12(9)18/h1,3,5-6H,2,4H2,(H2,13,14,17,18). The molecule has 0 radical (unpaired) electrons. The van der Waals surface area contributed by atoms with Gasteiger partial charge in [0.15, 0.2) is 5.78 Å². The predicted molar refractivity (Wildman–Crippen MR) is 63.7 cm³/mol. The lowest BCUT2D eigenvalue weighted by molar-refractivity contribution is -0.107. The number of aromatic hydroxyl groups is 1. The van der Waals surface area contributed by atoms with Crippen LogP contribution in [0.15, 0.2) is 23.1 Å². The van der Waals surface area contributed by atoms with E-state index in [1.165, 1.54) is 6.20 Å². The van der Waals surface area contributed by atoms with Gasteiger partial charge in [0.05, 0.1) is 5.39 Å². The van der Waals surface area contributed by atoms with Gasteiger partial charge in [0.25, 0.3) is 5.56 Å². The van der Waals surface area contributed by atoms with E-state index in [9.17, 15) is 19.5 Å². The molecule has 2 N–H and O–H groups in total. The van der Waals surface area contributed by atoms with Crippen LogP contribution in [0.25, 0.3) is 11.0 Å². The normalized spacial score (nSPS) is 10.4. The largest absolute Gasteiger partial charge is 0.506 e.